The fourth-order valence-corrected chi connectivity index (χ4v) is 3.53. The van der Waals surface area contributed by atoms with Crippen LogP contribution in [0, 0.1) is 0 Å². The van der Waals surface area contributed by atoms with Crippen LogP contribution in [-0.4, -0.2) is 47.9 Å². The van der Waals surface area contributed by atoms with Gasteiger partial charge in [-0.2, -0.15) is 0 Å². The van der Waals surface area contributed by atoms with Crippen LogP contribution in [0.1, 0.15) is 35.2 Å². The number of imide groups is 1. The van der Waals surface area contributed by atoms with Crippen LogP contribution in [0.25, 0.3) is 0 Å². The average molecular weight is 329 g/mol. The van der Waals surface area contributed by atoms with E-state index >= 15 is 0 Å². The fourth-order valence-electron chi connectivity index (χ4n) is 3.53. The van der Waals surface area contributed by atoms with Gasteiger partial charge in [0.1, 0.15) is 17.9 Å². The minimum absolute atomic E-state index is 0.130. The van der Waals surface area contributed by atoms with Gasteiger partial charge < -0.3 is 15.0 Å². The normalized spacial score (nSPS) is 26.5. The highest BCUT2D eigenvalue weighted by Gasteiger charge is 2.39. The van der Waals surface area contributed by atoms with Gasteiger partial charge in [-0.25, -0.2) is 0 Å². The number of carbonyl (C=O) groups excluding carboxylic acids is 3. The molecule has 4 rings (SSSR count). The molecule has 24 heavy (non-hydrogen) atoms. The van der Waals surface area contributed by atoms with E-state index in [4.69, 9.17) is 4.74 Å². The van der Waals surface area contributed by atoms with E-state index in [1.54, 1.807) is 11.0 Å². The Labute approximate surface area is 139 Å². The summed E-state index contributed by atoms with van der Waals surface area (Å²) >= 11 is 0. The van der Waals surface area contributed by atoms with Gasteiger partial charge in [-0.15, -0.1) is 0 Å². The highest BCUT2D eigenvalue weighted by Crippen LogP contribution is 2.30. The maximum Gasteiger partial charge on any atom is 0.255 e. The Morgan fingerprint density at radius 2 is 2.04 bits per heavy atom. The van der Waals surface area contributed by atoms with Gasteiger partial charge in [-0.05, 0) is 37.1 Å². The van der Waals surface area contributed by atoms with Gasteiger partial charge >= 0.3 is 0 Å². The summed E-state index contributed by atoms with van der Waals surface area (Å²) in [6.07, 6.45) is 1.72. The van der Waals surface area contributed by atoms with E-state index in [-0.39, 0.29) is 30.2 Å². The minimum atomic E-state index is -0.578. The van der Waals surface area contributed by atoms with Crippen molar-refractivity contribution in [3.63, 3.8) is 0 Å². The summed E-state index contributed by atoms with van der Waals surface area (Å²) in [6.45, 7) is 2.15. The lowest BCUT2D eigenvalue weighted by molar-refractivity contribution is -0.136. The molecule has 7 nitrogen and oxygen atoms in total. The van der Waals surface area contributed by atoms with Crippen LogP contribution in [0.15, 0.2) is 18.2 Å². The molecular weight excluding hydrogens is 310 g/mol. The van der Waals surface area contributed by atoms with Gasteiger partial charge in [0.25, 0.3) is 5.91 Å². The molecule has 1 aromatic carbocycles. The van der Waals surface area contributed by atoms with Crippen LogP contribution in [-0.2, 0) is 16.1 Å². The molecule has 2 saturated heterocycles. The van der Waals surface area contributed by atoms with Gasteiger partial charge in [0.15, 0.2) is 0 Å². The van der Waals surface area contributed by atoms with Crippen LogP contribution in [0.5, 0.6) is 5.75 Å². The van der Waals surface area contributed by atoms with E-state index in [0.29, 0.717) is 24.3 Å². The molecule has 3 heterocycles. The Bertz CT molecular complexity index is 712. The third kappa shape index (κ3) is 2.65. The largest absolute Gasteiger partial charge is 0.489 e. The molecule has 126 valence electrons. The summed E-state index contributed by atoms with van der Waals surface area (Å²) in [5.74, 6) is -0.155. The molecule has 0 aliphatic carbocycles. The van der Waals surface area contributed by atoms with E-state index in [1.165, 1.54) is 0 Å². The molecule has 0 aromatic heterocycles. The molecule has 0 saturated carbocycles. The summed E-state index contributed by atoms with van der Waals surface area (Å²) < 4.78 is 5.91. The van der Waals surface area contributed by atoms with Crippen molar-refractivity contribution in [1.82, 2.24) is 15.5 Å². The van der Waals surface area contributed by atoms with Crippen molar-refractivity contribution in [2.24, 2.45) is 0 Å². The summed E-state index contributed by atoms with van der Waals surface area (Å²) in [5.41, 5.74) is 1.48. The topological polar surface area (TPSA) is 87.7 Å². The lowest BCUT2D eigenvalue weighted by Gasteiger charge is -2.29. The van der Waals surface area contributed by atoms with Crippen LogP contribution >= 0.6 is 0 Å². The Hall–Kier alpha value is -2.41. The molecule has 3 aliphatic rings. The van der Waals surface area contributed by atoms with Crippen molar-refractivity contribution < 1.29 is 19.1 Å². The summed E-state index contributed by atoms with van der Waals surface area (Å²) in [4.78, 5) is 37.6. The van der Waals surface area contributed by atoms with Gasteiger partial charge in [0, 0.05) is 25.1 Å². The third-order valence-corrected chi connectivity index (χ3v) is 4.82. The van der Waals surface area contributed by atoms with E-state index in [9.17, 15) is 14.4 Å². The molecule has 0 bridgehead atoms. The molecule has 2 N–H and O–H groups in total. The van der Waals surface area contributed by atoms with Crippen LogP contribution in [0.3, 0.4) is 0 Å². The van der Waals surface area contributed by atoms with Crippen molar-refractivity contribution in [2.75, 3.05) is 13.1 Å². The Morgan fingerprint density at radius 3 is 2.79 bits per heavy atom. The van der Waals surface area contributed by atoms with Crippen LogP contribution in [0.4, 0.5) is 0 Å². The molecule has 3 aliphatic heterocycles. The van der Waals surface area contributed by atoms with Gasteiger partial charge in [-0.3, -0.25) is 19.7 Å². The number of ether oxygens (including phenoxy) is 1. The first-order valence-corrected chi connectivity index (χ1v) is 8.27. The predicted molar refractivity (Wildman–Crippen MR) is 84.4 cm³/mol. The zero-order valence-corrected chi connectivity index (χ0v) is 13.2. The quantitative estimate of drug-likeness (QED) is 0.773. The van der Waals surface area contributed by atoms with Gasteiger partial charge in [0.2, 0.25) is 11.8 Å². The number of carbonyl (C=O) groups is 3. The second-order valence-electron chi connectivity index (χ2n) is 6.45. The minimum Gasteiger partial charge on any atom is -0.489 e. The van der Waals surface area contributed by atoms with Crippen molar-refractivity contribution >= 4 is 17.7 Å². The maximum absolute atomic E-state index is 12.7. The monoisotopic (exact) mass is 329 g/mol. The zero-order chi connectivity index (χ0) is 16.7. The van der Waals surface area contributed by atoms with Crippen molar-refractivity contribution in [1.29, 1.82) is 0 Å². The number of piperidine rings is 1. The summed E-state index contributed by atoms with van der Waals surface area (Å²) in [6, 6.07) is 4.95. The third-order valence-electron chi connectivity index (χ3n) is 4.82. The Kier molecular flexibility index (Phi) is 3.72. The van der Waals surface area contributed by atoms with Crippen LogP contribution < -0.4 is 15.4 Å². The molecule has 7 heteroatoms. The van der Waals surface area contributed by atoms with Gasteiger partial charge in [0.05, 0.1) is 0 Å². The number of hydrogen-bond donors (Lipinski definition) is 2. The SMILES string of the molecule is O=C1CCC(N2Cc3ccc(OC4CCNC4)cc3C2=O)C(=O)N1. The van der Waals surface area contributed by atoms with Crippen LogP contribution in [0.2, 0.25) is 0 Å². The average Bonchev–Trinajstić information content (AvgIpc) is 3.17. The Morgan fingerprint density at radius 1 is 1.17 bits per heavy atom. The predicted octanol–water partition coefficient (Wildman–Crippen LogP) is 0.188. The van der Waals surface area contributed by atoms with E-state index in [2.05, 4.69) is 10.6 Å². The molecule has 2 unspecified atom stereocenters. The lowest BCUT2D eigenvalue weighted by atomic mass is 10.0. The number of fused-ring (bicyclic) bond motifs is 1. The van der Waals surface area contributed by atoms with Crippen molar-refractivity contribution in [3.05, 3.63) is 29.3 Å². The summed E-state index contributed by atoms with van der Waals surface area (Å²) in [7, 11) is 0. The summed E-state index contributed by atoms with van der Waals surface area (Å²) in [5, 5.41) is 5.55. The second kappa shape index (κ2) is 5.90. The number of rotatable bonds is 3. The van der Waals surface area contributed by atoms with Gasteiger partial charge in [-0.1, -0.05) is 6.07 Å². The molecule has 2 fully saturated rings. The fraction of sp³-hybridized carbons (Fsp3) is 0.471. The number of nitrogens with one attached hydrogen (secondary N) is 2. The maximum atomic E-state index is 12.7. The molecule has 3 amide bonds. The molecule has 2 atom stereocenters. The van der Waals surface area contributed by atoms with Crippen molar-refractivity contribution in [2.45, 2.75) is 38.0 Å². The molecule has 1 aromatic rings. The standard InChI is InChI=1S/C17H19N3O4/c21-15-4-3-14(16(22)19-15)20-9-10-1-2-11(7-13(10)17(20)23)24-12-5-6-18-8-12/h1-2,7,12,14,18H,3-6,8-9H2,(H,19,21,22). The number of benzene rings is 1. The Balaban J connectivity index is 1.52. The first kappa shape index (κ1) is 15.1. The molecule has 0 radical (unpaired) electrons. The second-order valence-corrected chi connectivity index (χ2v) is 6.45. The van der Waals surface area contributed by atoms with E-state index in [0.717, 1.165) is 25.1 Å². The molecular formula is C17H19N3O4. The highest BCUT2D eigenvalue weighted by molar-refractivity contribution is 6.05. The number of hydrogen-bond acceptors (Lipinski definition) is 5. The smallest absolute Gasteiger partial charge is 0.255 e. The van der Waals surface area contributed by atoms with E-state index < -0.39 is 6.04 Å². The zero-order valence-electron chi connectivity index (χ0n) is 13.2. The van der Waals surface area contributed by atoms with E-state index in [1.807, 2.05) is 12.1 Å². The lowest BCUT2D eigenvalue weighted by Crippen LogP contribution is -2.52. The van der Waals surface area contributed by atoms with Crippen molar-refractivity contribution in [3.8, 4) is 5.75 Å². The molecule has 0 spiro atoms. The first-order valence-electron chi connectivity index (χ1n) is 8.27. The number of amides is 3. The first-order chi connectivity index (χ1) is 11.6. The number of nitrogens with zero attached hydrogens (tertiary/aromatic N) is 1. The highest BCUT2D eigenvalue weighted by atomic mass is 16.5.